The van der Waals surface area contributed by atoms with Gasteiger partial charge >= 0.3 is 0 Å². The number of nitrogens with zero attached hydrogens (tertiary/aromatic N) is 5. The molecule has 0 unspecified atom stereocenters. The van der Waals surface area contributed by atoms with Crippen molar-refractivity contribution in [2.45, 2.75) is 0 Å². The van der Waals surface area contributed by atoms with Gasteiger partial charge in [-0.15, -0.1) is 11.3 Å². The second-order valence-corrected chi connectivity index (χ2v) is 5.83. The highest BCUT2D eigenvalue weighted by molar-refractivity contribution is 7.15. The van der Waals surface area contributed by atoms with Crippen LogP contribution in [0.4, 0.5) is 0 Å². The number of aromatic nitrogens is 5. The lowest BCUT2D eigenvalue weighted by molar-refractivity contribution is 0.432. The second kappa shape index (κ2) is 4.79. The summed E-state index contributed by atoms with van der Waals surface area (Å²) in [6.45, 7) is 0. The van der Waals surface area contributed by atoms with Crippen LogP contribution >= 0.6 is 22.9 Å². The fraction of sp³-hybridized carbons (Fsp3) is 0.0769. The number of halogens is 1. The normalized spacial score (nSPS) is 11.4. The lowest BCUT2D eigenvalue weighted by Crippen LogP contribution is -2.14. The van der Waals surface area contributed by atoms with Gasteiger partial charge in [-0.1, -0.05) is 16.8 Å². The Balaban J connectivity index is 1.84. The van der Waals surface area contributed by atoms with E-state index in [9.17, 15) is 4.79 Å². The number of thiazole rings is 1. The molecule has 0 bridgehead atoms. The Morgan fingerprint density at radius 3 is 3.00 bits per heavy atom. The SMILES string of the molecule is Cn1ccc(-c2nc(-c3c(Cl)nc4sccn34)no2)cc1=O. The summed E-state index contributed by atoms with van der Waals surface area (Å²) in [5, 5.41) is 6.14. The summed E-state index contributed by atoms with van der Waals surface area (Å²) in [6, 6.07) is 3.17. The largest absolute Gasteiger partial charge is 0.334 e. The van der Waals surface area contributed by atoms with E-state index in [0.29, 0.717) is 22.2 Å². The van der Waals surface area contributed by atoms with Gasteiger partial charge in [0.25, 0.3) is 11.4 Å². The number of fused-ring (bicyclic) bond motifs is 1. The van der Waals surface area contributed by atoms with Crippen LogP contribution < -0.4 is 5.56 Å². The molecule has 0 atom stereocenters. The Hall–Kier alpha value is -2.45. The van der Waals surface area contributed by atoms with E-state index in [1.807, 2.05) is 11.6 Å². The van der Waals surface area contributed by atoms with E-state index in [0.717, 1.165) is 4.96 Å². The van der Waals surface area contributed by atoms with E-state index in [1.54, 1.807) is 23.7 Å². The van der Waals surface area contributed by atoms with Crippen molar-refractivity contribution in [1.82, 2.24) is 24.1 Å². The first kappa shape index (κ1) is 13.2. The van der Waals surface area contributed by atoms with Crippen LogP contribution in [0.15, 0.2) is 39.2 Å². The van der Waals surface area contributed by atoms with Gasteiger partial charge in [-0.05, 0) is 6.07 Å². The molecule has 9 heteroatoms. The van der Waals surface area contributed by atoms with E-state index in [4.69, 9.17) is 16.1 Å². The molecule has 0 spiro atoms. The Kier molecular flexibility index (Phi) is 2.88. The average Bonchev–Trinajstić information content (AvgIpc) is 3.17. The van der Waals surface area contributed by atoms with Crippen LogP contribution in [0.25, 0.3) is 27.9 Å². The number of hydrogen-bond donors (Lipinski definition) is 0. The molecular formula is C13H8ClN5O2S. The maximum atomic E-state index is 11.7. The number of pyridine rings is 1. The highest BCUT2D eigenvalue weighted by Gasteiger charge is 2.19. The zero-order valence-electron chi connectivity index (χ0n) is 11.2. The second-order valence-electron chi connectivity index (χ2n) is 4.59. The Bertz CT molecular complexity index is 1040. The minimum absolute atomic E-state index is 0.153. The van der Waals surface area contributed by atoms with Gasteiger partial charge in [0.1, 0.15) is 5.69 Å². The van der Waals surface area contributed by atoms with Gasteiger partial charge in [-0.2, -0.15) is 4.98 Å². The van der Waals surface area contributed by atoms with Crippen LogP contribution in [0.3, 0.4) is 0 Å². The molecule has 4 heterocycles. The molecule has 7 nitrogen and oxygen atoms in total. The highest BCUT2D eigenvalue weighted by atomic mass is 35.5. The molecule has 0 aliphatic carbocycles. The molecule has 4 aromatic rings. The molecule has 0 saturated heterocycles. The first-order valence-electron chi connectivity index (χ1n) is 6.25. The monoisotopic (exact) mass is 333 g/mol. The first-order chi connectivity index (χ1) is 10.6. The van der Waals surface area contributed by atoms with Crippen LogP contribution in [0.1, 0.15) is 0 Å². The molecule has 0 amide bonds. The fourth-order valence-electron chi connectivity index (χ4n) is 2.08. The number of imidazole rings is 1. The molecule has 0 aromatic carbocycles. The van der Waals surface area contributed by atoms with Gasteiger partial charge in [0.15, 0.2) is 10.1 Å². The number of aryl methyl sites for hydroxylation is 1. The predicted octanol–water partition coefficient (Wildman–Crippen LogP) is 2.46. The van der Waals surface area contributed by atoms with Crippen molar-refractivity contribution < 1.29 is 4.52 Å². The first-order valence-corrected chi connectivity index (χ1v) is 7.51. The van der Waals surface area contributed by atoms with Crippen LogP contribution in [0, 0.1) is 0 Å². The fourth-order valence-corrected chi connectivity index (χ4v) is 3.10. The van der Waals surface area contributed by atoms with Crippen LogP contribution in [0.5, 0.6) is 0 Å². The van der Waals surface area contributed by atoms with Crippen molar-refractivity contribution in [1.29, 1.82) is 0 Å². The van der Waals surface area contributed by atoms with Crippen molar-refractivity contribution >= 4 is 27.9 Å². The third-order valence-corrected chi connectivity index (χ3v) is 4.23. The summed E-state index contributed by atoms with van der Waals surface area (Å²) in [5.41, 5.74) is 0.973. The lowest BCUT2D eigenvalue weighted by Gasteiger charge is -1.96. The summed E-state index contributed by atoms with van der Waals surface area (Å²) in [6.07, 6.45) is 3.48. The lowest BCUT2D eigenvalue weighted by atomic mass is 10.2. The average molecular weight is 334 g/mol. The molecule has 4 aromatic heterocycles. The quantitative estimate of drug-likeness (QED) is 0.563. The smallest absolute Gasteiger partial charge is 0.258 e. The summed E-state index contributed by atoms with van der Waals surface area (Å²) in [7, 11) is 1.67. The summed E-state index contributed by atoms with van der Waals surface area (Å²) < 4.78 is 8.50. The topological polar surface area (TPSA) is 78.2 Å². The van der Waals surface area contributed by atoms with E-state index in [1.165, 1.54) is 22.0 Å². The van der Waals surface area contributed by atoms with E-state index >= 15 is 0 Å². The molecule has 0 saturated carbocycles. The van der Waals surface area contributed by atoms with Crippen molar-refractivity contribution in [2.75, 3.05) is 0 Å². The summed E-state index contributed by atoms with van der Waals surface area (Å²) >= 11 is 7.61. The Morgan fingerprint density at radius 2 is 2.18 bits per heavy atom. The molecule has 22 heavy (non-hydrogen) atoms. The maximum absolute atomic E-state index is 11.7. The molecule has 0 aliphatic heterocycles. The van der Waals surface area contributed by atoms with E-state index in [2.05, 4.69) is 15.1 Å². The minimum Gasteiger partial charge on any atom is -0.334 e. The predicted molar refractivity (Wildman–Crippen MR) is 82.0 cm³/mol. The van der Waals surface area contributed by atoms with Crippen LogP contribution in [0.2, 0.25) is 5.15 Å². The van der Waals surface area contributed by atoms with Gasteiger partial charge in [-0.3, -0.25) is 9.20 Å². The van der Waals surface area contributed by atoms with Gasteiger partial charge in [0.05, 0.1) is 0 Å². The number of rotatable bonds is 2. The zero-order valence-corrected chi connectivity index (χ0v) is 12.8. The Morgan fingerprint density at radius 1 is 1.32 bits per heavy atom. The van der Waals surface area contributed by atoms with Crippen molar-refractivity contribution in [2.24, 2.45) is 7.05 Å². The van der Waals surface area contributed by atoms with Gasteiger partial charge in [-0.25, -0.2) is 4.98 Å². The summed E-state index contributed by atoms with van der Waals surface area (Å²) in [4.78, 5) is 21.0. The van der Waals surface area contributed by atoms with Crippen molar-refractivity contribution in [3.8, 4) is 23.0 Å². The Labute approximate surface area is 132 Å². The third kappa shape index (κ3) is 1.96. The van der Waals surface area contributed by atoms with Crippen LogP contribution in [-0.2, 0) is 7.05 Å². The van der Waals surface area contributed by atoms with Gasteiger partial charge in [0.2, 0.25) is 5.82 Å². The minimum atomic E-state index is -0.153. The molecule has 0 radical (unpaired) electrons. The van der Waals surface area contributed by atoms with Gasteiger partial charge < -0.3 is 9.09 Å². The molecule has 110 valence electrons. The zero-order chi connectivity index (χ0) is 15.3. The summed E-state index contributed by atoms with van der Waals surface area (Å²) in [5.74, 6) is 0.584. The van der Waals surface area contributed by atoms with Crippen molar-refractivity contribution in [3.05, 3.63) is 45.4 Å². The molecule has 0 N–H and O–H groups in total. The van der Waals surface area contributed by atoms with Crippen molar-refractivity contribution in [3.63, 3.8) is 0 Å². The molecule has 0 aliphatic rings. The van der Waals surface area contributed by atoms with Crippen LogP contribution in [-0.4, -0.2) is 24.1 Å². The molecular weight excluding hydrogens is 326 g/mol. The standard InChI is InChI=1S/C13H8ClN5O2S/c1-18-3-2-7(6-8(18)20)12-16-11(17-21-12)9-10(14)15-13-19(9)4-5-22-13/h2-6H,1H3. The van der Waals surface area contributed by atoms with E-state index in [-0.39, 0.29) is 11.4 Å². The highest BCUT2D eigenvalue weighted by Crippen LogP contribution is 2.30. The van der Waals surface area contributed by atoms with Gasteiger partial charge in [0, 0.05) is 36.5 Å². The van der Waals surface area contributed by atoms with E-state index < -0.39 is 0 Å². The maximum Gasteiger partial charge on any atom is 0.258 e. The molecule has 4 rings (SSSR count). The molecule has 0 fully saturated rings. The third-order valence-electron chi connectivity index (χ3n) is 3.21. The number of hydrogen-bond acceptors (Lipinski definition) is 6.